The van der Waals surface area contributed by atoms with E-state index in [2.05, 4.69) is 10.6 Å². The molecule has 2 aliphatic carbocycles. The molecule has 0 saturated heterocycles. The summed E-state index contributed by atoms with van der Waals surface area (Å²) in [6.07, 6.45) is 6.76. The van der Waals surface area contributed by atoms with Gasteiger partial charge in [-0.3, -0.25) is 9.59 Å². The minimum absolute atomic E-state index is 0.0592. The lowest BCUT2D eigenvalue weighted by atomic mass is 9.90. The van der Waals surface area contributed by atoms with Crippen molar-refractivity contribution in [2.45, 2.75) is 82.9 Å². The van der Waals surface area contributed by atoms with Crippen molar-refractivity contribution in [1.82, 2.24) is 15.1 Å². The molecular weight excluding hydrogens is 418 g/mol. The molecule has 2 aromatic rings. The van der Waals surface area contributed by atoms with Crippen LogP contribution in [0, 0.1) is 5.92 Å². The number of primary amides is 1. The molecule has 8 nitrogen and oxygen atoms in total. The Labute approximate surface area is 193 Å². The van der Waals surface area contributed by atoms with Gasteiger partial charge in [0.05, 0.1) is 34.3 Å². The highest BCUT2D eigenvalue weighted by Crippen LogP contribution is 2.36. The third kappa shape index (κ3) is 4.49. The summed E-state index contributed by atoms with van der Waals surface area (Å²) in [6.45, 7) is 4.04. The molecule has 176 valence electrons. The molecule has 0 atom stereocenters. The largest absolute Gasteiger partial charge is 0.393 e. The lowest BCUT2D eigenvalue weighted by molar-refractivity contribution is 0.0894. The number of benzene rings is 1. The van der Waals surface area contributed by atoms with Gasteiger partial charge in [0, 0.05) is 23.7 Å². The number of nitrogens with one attached hydrogen (secondary N) is 2. The maximum absolute atomic E-state index is 13.0. The van der Waals surface area contributed by atoms with Crippen LogP contribution in [0.4, 0.5) is 5.69 Å². The number of anilines is 1. The maximum Gasteiger partial charge on any atom is 0.255 e. The monoisotopic (exact) mass is 451 g/mol. The van der Waals surface area contributed by atoms with Crippen LogP contribution in [-0.2, 0) is 12.8 Å². The van der Waals surface area contributed by atoms with Gasteiger partial charge in [-0.05, 0) is 82.9 Å². The van der Waals surface area contributed by atoms with E-state index in [0.29, 0.717) is 29.2 Å². The molecule has 2 fully saturated rings. The fourth-order valence-electron chi connectivity index (χ4n) is 5.15. The summed E-state index contributed by atoms with van der Waals surface area (Å²) in [7, 11) is 0. The van der Waals surface area contributed by atoms with E-state index in [4.69, 9.17) is 10.8 Å². The van der Waals surface area contributed by atoms with Gasteiger partial charge in [0.25, 0.3) is 11.8 Å². The van der Waals surface area contributed by atoms with Gasteiger partial charge in [-0.2, -0.15) is 5.10 Å². The van der Waals surface area contributed by atoms with Crippen LogP contribution in [0.2, 0.25) is 0 Å². The van der Waals surface area contributed by atoms with Crippen LogP contribution < -0.4 is 16.4 Å². The van der Waals surface area contributed by atoms with Crippen LogP contribution in [0.15, 0.2) is 18.2 Å². The first kappa shape index (κ1) is 21.9. The summed E-state index contributed by atoms with van der Waals surface area (Å²) < 4.78 is 1.88. The Hall–Kier alpha value is -2.87. The number of hydrogen-bond acceptors (Lipinski definition) is 5. The number of amides is 2. The normalized spacial score (nSPS) is 24.2. The number of aliphatic hydroxyl groups excluding tert-OH is 1. The summed E-state index contributed by atoms with van der Waals surface area (Å²) in [5, 5.41) is 21.3. The van der Waals surface area contributed by atoms with Gasteiger partial charge in [-0.1, -0.05) is 0 Å². The average molecular weight is 452 g/mol. The fourth-order valence-corrected chi connectivity index (χ4v) is 5.15. The van der Waals surface area contributed by atoms with Gasteiger partial charge in [-0.15, -0.1) is 0 Å². The number of aromatic nitrogens is 2. The maximum atomic E-state index is 13.0. The number of aliphatic hydroxyl groups is 1. The highest BCUT2D eigenvalue weighted by atomic mass is 16.3. The number of carbonyl (C=O) groups excluding carboxylic acids is 2. The molecule has 0 radical (unpaired) electrons. The van der Waals surface area contributed by atoms with Crippen molar-refractivity contribution in [2.24, 2.45) is 11.7 Å². The number of carbonyl (C=O) groups is 2. The number of nitrogens with two attached hydrogens (primary N) is 1. The number of rotatable bonds is 6. The van der Waals surface area contributed by atoms with E-state index in [1.807, 2.05) is 30.7 Å². The smallest absolute Gasteiger partial charge is 0.255 e. The van der Waals surface area contributed by atoms with Crippen LogP contribution in [0.5, 0.6) is 0 Å². The molecule has 0 spiro atoms. The van der Waals surface area contributed by atoms with Crippen molar-refractivity contribution in [3.8, 4) is 5.69 Å². The third-order valence-corrected chi connectivity index (χ3v) is 7.09. The fraction of sp³-hybridized carbons (Fsp3) is 0.560. The molecule has 5 N–H and O–H groups in total. The van der Waals surface area contributed by atoms with Gasteiger partial charge in [0.2, 0.25) is 0 Å². The molecule has 3 aliphatic rings. The second kappa shape index (κ2) is 8.17. The SMILES string of the molecule is CC1(C)Cc2c(c(CC3CC3)nn2-c2ccc(C(N)=O)c(NC3CCC(O)CC3)c2)C(=O)N1. The van der Waals surface area contributed by atoms with E-state index in [1.165, 1.54) is 12.8 Å². The number of hydrogen-bond donors (Lipinski definition) is 4. The van der Waals surface area contributed by atoms with Crippen molar-refractivity contribution in [3.05, 3.63) is 40.7 Å². The third-order valence-electron chi connectivity index (χ3n) is 7.09. The lowest BCUT2D eigenvalue weighted by Crippen LogP contribution is -2.49. The Morgan fingerprint density at radius 1 is 1.24 bits per heavy atom. The Kier molecular flexibility index (Phi) is 5.43. The van der Waals surface area contributed by atoms with Crippen LogP contribution in [-0.4, -0.2) is 44.4 Å². The molecule has 1 aliphatic heterocycles. The van der Waals surface area contributed by atoms with E-state index in [-0.39, 0.29) is 23.6 Å². The molecule has 2 heterocycles. The van der Waals surface area contributed by atoms with Gasteiger partial charge in [0.15, 0.2) is 0 Å². The zero-order chi connectivity index (χ0) is 23.3. The quantitative estimate of drug-likeness (QED) is 0.538. The van der Waals surface area contributed by atoms with Crippen LogP contribution in [0.1, 0.15) is 84.5 Å². The molecule has 33 heavy (non-hydrogen) atoms. The average Bonchev–Trinajstić information content (AvgIpc) is 3.48. The highest BCUT2D eigenvalue weighted by molar-refractivity contribution is 5.99. The zero-order valence-electron chi connectivity index (χ0n) is 19.4. The van der Waals surface area contributed by atoms with Gasteiger partial charge in [0.1, 0.15) is 0 Å². The predicted molar refractivity (Wildman–Crippen MR) is 126 cm³/mol. The second-order valence-corrected chi connectivity index (χ2v) is 10.6. The highest BCUT2D eigenvalue weighted by Gasteiger charge is 2.37. The standard InChI is InChI=1S/C25H33N5O3/c1-25(2)13-21-22(24(33)28-25)20(11-14-3-4-14)29-30(21)16-7-10-18(23(26)32)19(12-16)27-15-5-8-17(31)9-6-15/h7,10,12,14-15,17,27,31H,3-6,8-9,11,13H2,1-2H3,(H2,26,32)(H,28,33). The summed E-state index contributed by atoms with van der Waals surface area (Å²) >= 11 is 0. The Morgan fingerprint density at radius 2 is 1.97 bits per heavy atom. The molecule has 8 heteroatoms. The predicted octanol–water partition coefficient (Wildman–Crippen LogP) is 2.70. The topological polar surface area (TPSA) is 122 Å². The van der Waals surface area contributed by atoms with Crippen molar-refractivity contribution in [2.75, 3.05) is 5.32 Å². The molecule has 2 saturated carbocycles. The molecule has 2 amide bonds. The Balaban J connectivity index is 1.54. The van der Waals surface area contributed by atoms with E-state index in [9.17, 15) is 14.7 Å². The van der Waals surface area contributed by atoms with Gasteiger partial charge >= 0.3 is 0 Å². The first-order chi connectivity index (χ1) is 15.7. The molecule has 1 aromatic carbocycles. The molecule has 0 unspecified atom stereocenters. The van der Waals surface area contributed by atoms with Crippen molar-refractivity contribution in [3.63, 3.8) is 0 Å². The summed E-state index contributed by atoms with van der Waals surface area (Å²) in [6, 6.07) is 5.67. The zero-order valence-corrected chi connectivity index (χ0v) is 19.4. The number of fused-ring (bicyclic) bond motifs is 1. The minimum atomic E-state index is -0.489. The summed E-state index contributed by atoms with van der Waals surface area (Å²) in [4.78, 5) is 25.1. The van der Waals surface area contributed by atoms with Crippen LogP contribution in [0.25, 0.3) is 5.69 Å². The summed E-state index contributed by atoms with van der Waals surface area (Å²) in [5.41, 5.74) is 9.69. The minimum Gasteiger partial charge on any atom is -0.393 e. The first-order valence-corrected chi connectivity index (χ1v) is 12.0. The lowest BCUT2D eigenvalue weighted by Gasteiger charge is -2.31. The molecule has 0 bridgehead atoms. The van der Waals surface area contributed by atoms with Gasteiger partial charge < -0.3 is 21.5 Å². The van der Waals surface area contributed by atoms with E-state index >= 15 is 0 Å². The summed E-state index contributed by atoms with van der Waals surface area (Å²) in [5.74, 6) is 0.0599. The van der Waals surface area contributed by atoms with Crippen molar-refractivity contribution in [1.29, 1.82) is 0 Å². The Bertz CT molecular complexity index is 1090. The van der Waals surface area contributed by atoms with E-state index in [1.54, 1.807) is 6.07 Å². The van der Waals surface area contributed by atoms with Crippen molar-refractivity contribution >= 4 is 17.5 Å². The second-order valence-electron chi connectivity index (χ2n) is 10.6. The van der Waals surface area contributed by atoms with Crippen molar-refractivity contribution < 1.29 is 14.7 Å². The van der Waals surface area contributed by atoms with Crippen LogP contribution >= 0.6 is 0 Å². The van der Waals surface area contributed by atoms with E-state index in [0.717, 1.165) is 49.2 Å². The molecular formula is C25H33N5O3. The molecule has 1 aromatic heterocycles. The van der Waals surface area contributed by atoms with E-state index < -0.39 is 5.91 Å². The first-order valence-electron chi connectivity index (χ1n) is 12.0. The number of nitrogens with zero attached hydrogens (tertiary/aromatic N) is 2. The van der Waals surface area contributed by atoms with Gasteiger partial charge in [-0.25, -0.2) is 4.68 Å². The Morgan fingerprint density at radius 3 is 2.64 bits per heavy atom. The van der Waals surface area contributed by atoms with Crippen LogP contribution in [0.3, 0.4) is 0 Å². The molecule has 5 rings (SSSR count).